The summed E-state index contributed by atoms with van der Waals surface area (Å²) in [5.74, 6) is 0. The zero-order valence-electron chi connectivity index (χ0n) is 15.8. The van der Waals surface area contributed by atoms with Crippen LogP contribution in [0.4, 0.5) is 26.3 Å². The van der Waals surface area contributed by atoms with Gasteiger partial charge in [-0.3, -0.25) is 4.90 Å². The molecule has 0 heterocycles. The second kappa shape index (κ2) is 9.80. The minimum Gasteiger partial charge on any atom is -0.296 e. The van der Waals surface area contributed by atoms with E-state index >= 15 is 0 Å². The summed E-state index contributed by atoms with van der Waals surface area (Å²) in [6.45, 7) is 1.65. The molecule has 0 aliphatic rings. The van der Waals surface area contributed by atoms with Crippen LogP contribution in [0.1, 0.15) is 19.4 Å². The summed E-state index contributed by atoms with van der Waals surface area (Å²) in [6, 6.07) is 5.73. The van der Waals surface area contributed by atoms with Crippen molar-refractivity contribution in [3.05, 3.63) is 35.9 Å². The standard InChI is InChI=1S/C15H21F6N3O4S2/c1-11(22-29(25,26)14(16,17)18)8-24(10-13-6-4-3-5-7-13)9-12(2)23-30(27,28)15(19,20)21/h3-7,11-12,22-23H,8-10H2,1-2H3/t11-,12-/m0/s1. The van der Waals surface area contributed by atoms with Gasteiger partial charge in [0.15, 0.2) is 0 Å². The van der Waals surface area contributed by atoms with E-state index in [2.05, 4.69) is 0 Å². The summed E-state index contributed by atoms with van der Waals surface area (Å²) in [6.07, 6.45) is 0. The van der Waals surface area contributed by atoms with Crippen molar-refractivity contribution in [3.8, 4) is 0 Å². The van der Waals surface area contributed by atoms with Gasteiger partial charge in [0.05, 0.1) is 0 Å². The van der Waals surface area contributed by atoms with E-state index in [0.717, 1.165) is 13.8 Å². The van der Waals surface area contributed by atoms with Crippen molar-refractivity contribution < 1.29 is 43.2 Å². The van der Waals surface area contributed by atoms with E-state index in [1.54, 1.807) is 30.3 Å². The highest BCUT2D eigenvalue weighted by Gasteiger charge is 2.47. The molecule has 1 rings (SSSR count). The highest BCUT2D eigenvalue weighted by molar-refractivity contribution is 7.90. The summed E-state index contributed by atoms with van der Waals surface area (Å²) in [5.41, 5.74) is -10.4. The normalized spacial score (nSPS) is 15.9. The first-order chi connectivity index (χ1) is 13.4. The average molecular weight is 485 g/mol. The summed E-state index contributed by atoms with van der Waals surface area (Å²) in [5, 5.41) is 0. The van der Waals surface area contributed by atoms with Crippen molar-refractivity contribution in [1.82, 2.24) is 14.3 Å². The van der Waals surface area contributed by atoms with Gasteiger partial charge in [-0.05, 0) is 19.4 Å². The summed E-state index contributed by atoms with van der Waals surface area (Å²) < 4.78 is 123. The van der Waals surface area contributed by atoms with E-state index in [1.165, 1.54) is 14.3 Å². The van der Waals surface area contributed by atoms with Crippen molar-refractivity contribution in [2.24, 2.45) is 0 Å². The van der Waals surface area contributed by atoms with E-state index in [-0.39, 0.29) is 19.6 Å². The number of hydrogen-bond acceptors (Lipinski definition) is 5. The topological polar surface area (TPSA) is 95.6 Å². The van der Waals surface area contributed by atoms with E-state index in [9.17, 15) is 43.2 Å². The molecule has 2 atom stereocenters. The predicted octanol–water partition coefficient (Wildman–Crippen LogP) is 2.14. The first kappa shape index (κ1) is 26.6. The summed E-state index contributed by atoms with van der Waals surface area (Å²) in [7, 11) is -11.3. The second-order valence-corrected chi connectivity index (χ2v) is 10.0. The van der Waals surface area contributed by atoms with Crippen LogP contribution in [0.15, 0.2) is 30.3 Å². The van der Waals surface area contributed by atoms with Crippen LogP contribution in [-0.2, 0) is 26.6 Å². The SMILES string of the molecule is C[C@@H](CN(Cc1ccccc1)C[C@H](C)NS(=O)(=O)C(F)(F)F)NS(=O)(=O)C(F)(F)F. The molecule has 0 bridgehead atoms. The Hall–Kier alpha value is -1.42. The van der Waals surface area contributed by atoms with Crippen molar-refractivity contribution in [1.29, 1.82) is 0 Å². The number of hydrogen-bond donors (Lipinski definition) is 2. The third-order valence-electron chi connectivity index (χ3n) is 3.64. The van der Waals surface area contributed by atoms with Crippen LogP contribution in [0.5, 0.6) is 0 Å². The van der Waals surface area contributed by atoms with E-state index in [4.69, 9.17) is 0 Å². The lowest BCUT2D eigenvalue weighted by Crippen LogP contribution is -2.50. The Morgan fingerprint density at radius 3 is 1.50 bits per heavy atom. The van der Waals surface area contributed by atoms with Crippen LogP contribution in [-0.4, -0.2) is 57.9 Å². The molecule has 7 nitrogen and oxygen atoms in total. The van der Waals surface area contributed by atoms with Crippen molar-refractivity contribution in [3.63, 3.8) is 0 Å². The molecule has 0 amide bonds. The van der Waals surface area contributed by atoms with Gasteiger partial charge in [-0.2, -0.15) is 26.3 Å². The first-order valence-electron chi connectivity index (χ1n) is 8.38. The fraction of sp³-hybridized carbons (Fsp3) is 0.600. The Morgan fingerprint density at radius 2 is 1.17 bits per heavy atom. The fourth-order valence-corrected chi connectivity index (χ4v) is 4.03. The van der Waals surface area contributed by atoms with Crippen LogP contribution >= 0.6 is 0 Å². The summed E-state index contributed by atoms with van der Waals surface area (Å²) >= 11 is 0. The van der Waals surface area contributed by atoms with Gasteiger partial charge in [0.25, 0.3) is 0 Å². The lowest BCUT2D eigenvalue weighted by molar-refractivity contribution is -0.0455. The minimum absolute atomic E-state index is 0.0248. The zero-order chi connectivity index (χ0) is 23.4. The maximum Gasteiger partial charge on any atom is 0.511 e. The highest BCUT2D eigenvalue weighted by Crippen LogP contribution is 2.23. The Morgan fingerprint density at radius 1 is 0.800 bits per heavy atom. The van der Waals surface area contributed by atoms with Gasteiger partial charge in [0, 0.05) is 31.7 Å². The van der Waals surface area contributed by atoms with E-state index in [0.29, 0.717) is 5.56 Å². The zero-order valence-corrected chi connectivity index (χ0v) is 17.5. The first-order valence-corrected chi connectivity index (χ1v) is 11.3. The molecular formula is C15H21F6N3O4S2. The van der Waals surface area contributed by atoms with Crippen LogP contribution in [0.3, 0.4) is 0 Å². The summed E-state index contributed by atoms with van der Waals surface area (Å²) in [4.78, 5) is 1.34. The van der Waals surface area contributed by atoms with Gasteiger partial charge in [-0.1, -0.05) is 30.3 Å². The maximum atomic E-state index is 12.5. The van der Waals surface area contributed by atoms with Crippen LogP contribution in [0.2, 0.25) is 0 Å². The van der Waals surface area contributed by atoms with Crippen molar-refractivity contribution in [2.75, 3.05) is 13.1 Å². The van der Waals surface area contributed by atoms with Gasteiger partial charge in [-0.25, -0.2) is 26.3 Å². The van der Waals surface area contributed by atoms with Crippen LogP contribution < -0.4 is 9.44 Å². The lowest BCUT2D eigenvalue weighted by Gasteiger charge is -2.29. The Labute approximate surface area is 170 Å². The van der Waals surface area contributed by atoms with Crippen LogP contribution in [0.25, 0.3) is 0 Å². The quantitative estimate of drug-likeness (QED) is 0.496. The number of alkyl halides is 6. The van der Waals surface area contributed by atoms with E-state index in [1.807, 2.05) is 0 Å². The molecule has 30 heavy (non-hydrogen) atoms. The lowest BCUT2D eigenvalue weighted by atomic mass is 10.2. The molecule has 0 radical (unpaired) electrons. The van der Waals surface area contributed by atoms with Gasteiger partial charge in [-0.15, -0.1) is 0 Å². The monoisotopic (exact) mass is 485 g/mol. The number of benzene rings is 1. The van der Waals surface area contributed by atoms with E-state index < -0.39 is 43.1 Å². The third-order valence-corrected chi connectivity index (χ3v) is 6.28. The molecule has 1 aromatic carbocycles. The molecule has 1 aromatic rings. The number of rotatable bonds is 10. The maximum absolute atomic E-state index is 12.5. The van der Waals surface area contributed by atoms with Crippen molar-refractivity contribution in [2.45, 2.75) is 43.5 Å². The smallest absolute Gasteiger partial charge is 0.296 e. The minimum atomic E-state index is -5.63. The van der Waals surface area contributed by atoms with Crippen LogP contribution in [0, 0.1) is 0 Å². The highest BCUT2D eigenvalue weighted by atomic mass is 32.2. The number of sulfonamides is 2. The molecular weight excluding hydrogens is 464 g/mol. The molecule has 174 valence electrons. The Bertz CT molecular complexity index is 835. The Balaban J connectivity index is 2.95. The molecule has 0 aliphatic carbocycles. The molecule has 15 heteroatoms. The molecule has 0 unspecified atom stereocenters. The second-order valence-electron chi connectivity index (χ2n) is 6.62. The molecule has 0 saturated heterocycles. The molecule has 0 saturated carbocycles. The van der Waals surface area contributed by atoms with Gasteiger partial charge < -0.3 is 0 Å². The molecule has 0 aromatic heterocycles. The van der Waals surface area contributed by atoms with Crippen molar-refractivity contribution >= 4 is 20.0 Å². The molecule has 0 spiro atoms. The largest absolute Gasteiger partial charge is 0.511 e. The number of halogens is 6. The fourth-order valence-electron chi connectivity index (χ4n) is 2.56. The molecule has 0 aliphatic heterocycles. The molecule has 2 N–H and O–H groups in total. The predicted molar refractivity (Wildman–Crippen MR) is 96.9 cm³/mol. The number of nitrogens with zero attached hydrogens (tertiary/aromatic N) is 1. The van der Waals surface area contributed by atoms with Gasteiger partial charge in [0.1, 0.15) is 0 Å². The Kier molecular flexibility index (Phi) is 8.70. The molecule has 0 fully saturated rings. The average Bonchev–Trinajstić information content (AvgIpc) is 2.52. The third kappa shape index (κ3) is 8.02. The van der Waals surface area contributed by atoms with Gasteiger partial charge in [0.2, 0.25) is 0 Å². The van der Waals surface area contributed by atoms with Gasteiger partial charge >= 0.3 is 31.1 Å². The number of nitrogens with one attached hydrogen (secondary N) is 2.